The summed E-state index contributed by atoms with van der Waals surface area (Å²) in [6.07, 6.45) is 5.69. The molecule has 2 aromatic rings. The fourth-order valence-electron chi connectivity index (χ4n) is 1.98. The molecule has 0 aliphatic heterocycles. The lowest BCUT2D eigenvalue weighted by molar-refractivity contribution is 0.307. The maximum absolute atomic E-state index is 5.83. The highest BCUT2D eigenvalue weighted by molar-refractivity contribution is 5.29. The van der Waals surface area contributed by atoms with Gasteiger partial charge < -0.3 is 10.1 Å². The minimum Gasteiger partial charge on any atom is -0.493 e. The Hall–Kier alpha value is -1.87. The molecular weight excluding hydrogens is 236 g/mol. The molecule has 3 nitrogen and oxygen atoms in total. The van der Waals surface area contributed by atoms with Crippen LogP contribution >= 0.6 is 0 Å². The maximum atomic E-state index is 5.83. The normalized spacial score (nSPS) is 10.4. The molecule has 0 saturated carbocycles. The number of nitrogens with zero attached hydrogens (tertiary/aromatic N) is 1. The molecule has 0 aliphatic rings. The van der Waals surface area contributed by atoms with Gasteiger partial charge in [-0.1, -0.05) is 30.3 Å². The van der Waals surface area contributed by atoms with Gasteiger partial charge in [0.15, 0.2) is 0 Å². The zero-order valence-electron chi connectivity index (χ0n) is 11.3. The van der Waals surface area contributed by atoms with Crippen molar-refractivity contribution in [3.8, 4) is 5.75 Å². The Morgan fingerprint density at radius 3 is 2.79 bits per heavy atom. The van der Waals surface area contributed by atoms with E-state index >= 15 is 0 Å². The zero-order valence-corrected chi connectivity index (χ0v) is 11.3. The molecule has 0 bridgehead atoms. The summed E-state index contributed by atoms with van der Waals surface area (Å²) < 4.78 is 5.83. The van der Waals surface area contributed by atoms with Gasteiger partial charge in [0.25, 0.3) is 0 Å². The van der Waals surface area contributed by atoms with Crippen LogP contribution in [-0.2, 0) is 13.0 Å². The van der Waals surface area contributed by atoms with Crippen LogP contribution in [0.4, 0.5) is 0 Å². The quantitative estimate of drug-likeness (QED) is 0.773. The van der Waals surface area contributed by atoms with Crippen molar-refractivity contribution < 1.29 is 4.74 Å². The number of pyridine rings is 1. The summed E-state index contributed by atoms with van der Waals surface area (Å²) in [5, 5.41) is 3.12. The highest BCUT2D eigenvalue weighted by Crippen LogP contribution is 2.16. The van der Waals surface area contributed by atoms with Gasteiger partial charge in [0, 0.05) is 24.5 Å². The third-order valence-electron chi connectivity index (χ3n) is 2.94. The number of ether oxygens (including phenoxy) is 1. The van der Waals surface area contributed by atoms with Crippen molar-refractivity contribution in [1.82, 2.24) is 10.3 Å². The van der Waals surface area contributed by atoms with Crippen LogP contribution < -0.4 is 10.1 Å². The van der Waals surface area contributed by atoms with Gasteiger partial charge in [0.2, 0.25) is 0 Å². The van der Waals surface area contributed by atoms with Crippen LogP contribution in [0.2, 0.25) is 0 Å². The second-order valence-electron chi connectivity index (χ2n) is 4.45. The van der Waals surface area contributed by atoms with E-state index in [1.54, 1.807) is 6.20 Å². The Labute approximate surface area is 114 Å². The summed E-state index contributed by atoms with van der Waals surface area (Å²) in [4.78, 5) is 4.12. The predicted octanol–water partition coefficient (Wildman–Crippen LogP) is 2.81. The summed E-state index contributed by atoms with van der Waals surface area (Å²) in [6.45, 7) is 1.51. The number of aromatic nitrogens is 1. The largest absolute Gasteiger partial charge is 0.493 e. The summed E-state index contributed by atoms with van der Waals surface area (Å²) in [7, 11) is 1.92. The fourth-order valence-corrected chi connectivity index (χ4v) is 1.98. The molecule has 0 spiro atoms. The Bertz CT molecular complexity index is 485. The van der Waals surface area contributed by atoms with Crippen LogP contribution in [0.25, 0.3) is 0 Å². The van der Waals surface area contributed by atoms with Crippen LogP contribution in [-0.4, -0.2) is 18.6 Å². The van der Waals surface area contributed by atoms with Crippen molar-refractivity contribution >= 4 is 0 Å². The molecule has 1 aromatic heterocycles. The molecular formula is C16H20N2O. The van der Waals surface area contributed by atoms with E-state index in [0.717, 1.165) is 37.3 Å². The summed E-state index contributed by atoms with van der Waals surface area (Å²) in [5.74, 6) is 0.928. The van der Waals surface area contributed by atoms with Gasteiger partial charge in [-0.3, -0.25) is 4.98 Å². The molecule has 0 radical (unpaired) electrons. The molecule has 1 N–H and O–H groups in total. The Morgan fingerprint density at radius 2 is 2.00 bits per heavy atom. The van der Waals surface area contributed by atoms with Gasteiger partial charge in [-0.2, -0.15) is 0 Å². The highest BCUT2D eigenvalue weighted by Gasteiger charge is 2.02. The number of rotatable bonds is 7. The monoisotopic (exact) mass is 256 g/mol. The average molecular weight is 256 g/mol. The van der Waals surface area contributed by atoms with Crippen molar-refractivity contribution in [2.24, 2.45) is 0 Å². The number of benzene rings is 1. The Morgan fingerprint density at radius 1 is 1.16 bits per heavy atom. The molecule has 0 aliphatic carbocycles. The third kappa shape index (κ3) is 4.38. The average Bonchev–Trinajstić information content (AvgIpc) is 2.47. The van der Waals surface area contributed by atoms with Crippen molar-refractivity contribution in [3.05, 3.63) is 59.9 Å². The predicted molar refractivity (Wildman–Crippen MR) is 77.3 cm³/mol. The molecule has 0 fully saturated rings. The first-order valence-electron chi connectivity index (χ1n) is 6.64. The van der Waals surface area contributed by atoms with Crippen LogP contribution in [0.15, 0.2) is 48.8 Å². The second-order valence-corrected chi connectivity index (χ2v) is 4.45. The van der Waals surface area contributed by atoms with Crippen LogP contribution in [0.1, 0.15) is 17.5 Å². The van der Waals surface area contributed by atoms with E-state index in [1.807, 2.05) is 25.4 Å². The van der Waals surface area contributed by atoms with E-state index in [1.165, 1.54) is 5.56 Å². The van der Waals surface area contributed by atoms with Crippen molar-refractivity contribution in [2.45, 2.75) is 19.4 Å². The third-order valence-corrected chi connectivity index (χ3v) is 2.94. The van der Waals surface area contributed by atoms with Crippen molar-refractivity contribution in [2.75, 3.05) is 13.7 Å². The molecule has 0 atom stereocenters. The molecule has 0 unspecified atom stereocenters. The first kappa shape index (κ1) is 13.6. The number of hydrogen-bond donors (Lipinski definition) is 1. The Balaban J connectivity index is 1.79. The first-order valence-corrected chi connectivity index (χ1v) is 6.64. The number of aryl methyl sites for hydroxylation is 1. The number of nitrogens with one attached hydrogen (secondary N) is 1. The minimum atomic E-state index is 0.732. The zero-order chi connectivity index (χ0) is 13.3. The lowest BCUT2D eigenvalue weighted by Gasteiger charge is -2.10. The van der Waals surface area contributed by atoms with Gasteiger partial charge in [-0.05, 0) is 31.5 Å². The first-order chi connectivity index (χ1) is 9.40. The molecule has 1 heterocycles. The molecule has 0 saturated heterocycles. The topological polar surface area (TPSA) is 34.2 Å². The van der Waals surface area contributed by atoms with Crippen LogP contribution in [0.5, 0.6) is 5.75 Å². The smallest absolute Gasteiger partial charge is 0.126 e. The lowest BCUT2D eigenvalue weighted by atomic mass is 10.1. The molecule has 100 valence electrons. The van der Waals surface area contributed by atoms with Crippen LogP contribution in [0, 0.1) is 0 Å². The van der Waals surface area contributed by atoms with E-state index < -0.39 is 0 Å². The molecule has 3 heteroatoms. The van der Waals surface area contributed by atoms with E-state index in [4.69, 9.17) is 4.74 Å². The number of hydrogen-bond acceptors (Lipinski definition) is 3. The van der Waals surface area contributed by atoms with Crippen LogP contribution in [0.3, 0.4) is 0 Å². The maximum Gasteiger partial charge on any atom is 0.126 e. The minimum absolute atomic E-state index is 0.732. The van der Waals surface area contributed by atoms with Gasteiger partial charge in [-0.25, -0.2) is 0 Å². The van der Waals surface area contributed by atoms with E-state index in [9.17, 15) is 0 Å². The summed E-state index contributed by atoms with van der Waals surface area (Å²) >= 11 is 0. The van der Waals surface area contributed by atoms with Gasteiger partial charge in [-0.15, -0.1) is 0 Å². The van der Waals surface area contributed by atoms with Crippen molar-refractivity contribution in [1.29, 1.82) is 0 Å². The SMILES string of the molecule is CNCc1cnccc1OCCCc1ccccc1. The molecule has 1 aromatic carbocycles. The van der Waals surface area contributed by atoms with E-state index in [0.29, 0.717) is 0 Å². The second kappa shape index (κ2) is 7.54. The highest BCUT2D eigenvalue weighted by atomic mass is 16.5. The van der Waals surface area contributed by atoms with E-state index in [2.05, 4.69) is 34.6 Å². The lowest BCUT2D eigenvalue weighted by Crippen LogP contribution is -2.08. The van der Waals surface area contributed by atoms with E-state index in [-0.39, 0.29) is 0 Å². The van der Waals surface area contributed by atoms with Gasteiger partial charge >= 0.3 is 0 Å². The Kier molecular flexibility index (Phi) is 5.38. The standard InChI is InChI=1S/C16H20N2O/c1-17-12-15-13-18-10-9-16(15)19-11-5-8-14-6-3-2-4-7-14/h2-4,6-7,9-10,13,17H,5,8,11-12H2,1H3. The molecule has 2 rings (SSSR count). The molecule has 19 heavy (non-hydrogen) atoms. The van der Waals surface area contributed by atoms with Gasteiger partial charge in [0.05, 0.1) is 6.61 Å². The van der Waals surface area contributed by atoms with Crippen molar-refractivity contribution in [3.63, 3.8) is 0 Å². The fraction of sp³-hybridized carbons (Fsp3) is 0.312. The van der Waals surface area contributed by atoms with Gasteiger partial charge in [0.1, 0.15) is 5.75 Å². The summed E-state index contributed by atoms with van der Waals surface area (Å²) in [6, 6.07) is 12.4. The molecule has 0 amide bonds. The summed E-state index contributed by atoms with van der Waals surface area (Å²) in [5.41, 5.74) is 2.46.